The van der Waals surface area contributed by atoms with Crippen LogP contribution in [0.25, 0.3) is 0 Å². The lowest BCUT2D eigenvalue weighted by atomic mass is 10.2. The molecule has 1 saturated heterocycles. The van der Waals surface area contributed by atoms with E-state index < -0.39 is 0 Å². The van der Waals surface area contributed by atoms with E-state index in [2.05, 4.69) is 51.4 Å². The van der Waals surface area contributed by atoms with Crippen molar-refractivity contribution in [3.63, 3.8) is 0 Å². The molecule has 0 unspecified atom stereocenters. The normalized spacial score (nSPS) is 17.0. The van der Waals surface area contributed by atoms with Crippen molar-refractivity contribution in [3.8, 4) is 0 Å². The first-order chi connectivity index (χ1) is 15.1. The molecule has 0 saturated carbocycles. The average Bonchev–Trinajstić information content (AvgIpc) is 3.23. The van der Waals surface area contributed by atoms with Gasteiger partial charge in [-0.3, -0.25) is 14.7 Å². The molecule has 2 aliphatic rings. The zero-order valence-electron chi connectivity index (χ0n) is 18.7. The van der Waals surface area contributed by atoms with Crippen LogP contribution >= 0.6 is 0 Å². The van der Waals surface area contributed by atoms with Gasteiger partial charge in [0.1, 0.15) is 0 Å². The number of anilines is 2. The average molecular weight is 420 g/mol. The molecule has 2 aliphatic heterocycles. The second kappa shape index (κ2) is 9.96. The molecular formula is C25H33N5O. The first kappa shape index (κ1) is 21.4. The summed E-state index contributed by atoms with van der Waals surface area (Å²) in [7, 11) is 0. The minimum atomic E-state index is -0.00285. The Bertz CT molecular complexity index is 916. The van der Waals surface area contributed by atoms with E-state index in [0.29, 0.717) is 12.1 Å². The van der Waals surface area contributed by atoms with E-state index in [4.69, 9.17) is 0 Å². The van der Waals surface area contributed by atoms with Gasteiger partial charge in [-0.2, -0.15) is 5.10 Å². The van der Waals surface area contributed by atoms with Crippen molar-refractivity contribution in [2.45, 2.75) is 26.7 Å². The van der Waals surface area contributed by atoms with Crippen molar-refractivity contribution >= 4 is 23.0 Å². The molecule has 164 valence electrons. The number of nitrogens with zero attached hydrogens (tertiary/aromatic N) is 4. The van der Waals surface area contributed by atoms with Gasteiger partial charge in [0, 0.05) is 62.7 Å². The van der Waals surface area contributed by atoms with Gasteiger partial charge >= 0.3 is 0 Å². The number of benzene rings is 2. The molecule has 1 amide bonds. The van der Waals surface area contributed by atoms with E-state index in [1.807, 2.05) is 36.2 Å². The topological polar surface area (TPSA) is 51.2 Å². The Kier molecular flexibility index (Phi) is 6.87. The van der Waals surface area contributed by atoms with Crippen LogP contribution in [0, 0.1) is 6.92 Å². The van der Waals surface area contributed by atoms with Gasteiger partial charge < -0.3 is 10.2 Å². The highest BCUT2D eigenvalue weighted by atomic mass is 16.1. The van der Waals surface area contributed by atoms with E-state index >= 15 is 0 Å². The van der Waals surface area contributed by atoms with E-state index in [-0.39, 0.29) is 5.91 Å². The number of nitrogens with one attached hydrogen (secondary N) is 1. The van der Waals surface area contributed by atoms with Gasteiger partial charge in [-0.15, -0.1) is 0 Å². The maximum atomic E-state index is 12.4. The summed E-state index contributed by atoms with van der Waals surface area (Å²) in [5, 5.41) is 9.56. The summed E-state index contributed by atoms with van der Waals surface area (Å²) < 4.78 is 0. The number of hydrogen-bond donors (Lipinski definition) is 1. The lowest BCUT2D eigenvalue weighted by molar-refractivity contribution is 0.0951. The smallest absolute Gasteiger partial charge is 0.251 e. The van der Waals surface area contributed by atoms with E-state index in [1.54, 1.807) is 0 Å². The van der Waals surface area contributed by atoms with Crippen molar-refractivity contribution in [2.24, 2.45) is 5.10 Å². The van der Waals surface area contributed by atoms with E-state index in [9.17, 15) is 4.79 Å². The predicted molar refractivity (Wildman–Crippen MR) is 128 cm³/mol. The molecule has 0 spiro atoms. The molecule has 0 radical (unpaired) electrons. The Balaban J connectivity index is 1.15. The van der Waals surface area contributed by atoms with Gasteiger partial charge in [0.05, 0.1) is 5.69 Å². The number of hydrogen-bond acceptors (Lipinski definition) is 5. The monoisotopic (exact) mass is 419 g/mol. The molecule has 1 fully saturated rings. The number of carbonyl (C=O) groups is 1. The van der Waals surface area contributed by atoms with Crippen molar-refractivity contribution in [1.82, 2.24) is 10.2 Å². The number of aryl methyl sites for hydroxylation is 1. The van der Waals surface area contributed by atoms with Crippen LogP contribution < -0.4 is 15.2 Å². The molecule has 0 atom stereocenters. The van der Waals surface area contributed by atoms with Gasteiger partial charge in [-0.25, -0.2) is 0 Å². The quantitative estimate of drug-likeness (QED) is 0.698. The van der Waals surface area contributed by atoms with Crippen molar-refractivity contribution in [2.75, 3.05) is 55.7 Å². The molecule has 2 aromatic rings. The minimum Gasteiger partial charge on any atom is -0.369 e. The second-order valence-corrected chi connectivity index (χ2v) is 8.53. The molecule has 6 heteroatoms. The minimum absolute atomic E-state index is 0.00285. The Morgan fingerprint density at radius 3 is 2.42 bits per heavy atom. The van der Waals surface area contributed by atoms with Crippen LogP contribution in [0.5, 0.6) is 0 Å². The highest BCUT2D eigenvalue weighted by molar-refractivity contribution is 5.94. The fourth-order valence-electron chi connectivity index (χ4n) is 4.21. The highest BCUT2D eigenvalue weighted by Crippen LogP contribution is 2.20. The lowest BCUT2D eigenvalue weighted by Crippen LogP contribution is -2.47. The fraction of sp³-hybridized carbons (Fsp3) is 0.440. The maximum Gasteiger partial charge on any atom is 0.251 e. The number of hydrazone groups is 1. The van der Waals surface area contributed by atoms with Gasteiger partial charge in [-0.1, -0.05) is 12.1 Å². The van der Waals surface area contributed by atoms with Crippen LogP contribution in [0.2, 0.25) is 0 Å². The third kappa shape index (κ3) is 5.64. The summed E-state index contributed by atoms with van der Waals surface area (Å²) in [5.41, 5.74) is 5.53. The molecular weight excluding hydrogens is 386 g/mol. The van der Waals surface area contributed by atoms with Gasteiger partial charge in [0.2, 0.25) is 0 Å². The molecule has 0 aliphatic carbocycles. The molecule has 2 aromatic carbocycles. The Morgan fingerprint density at radius 1 is 0.968 bits per heavy atom. The van der Waals surface area contributed by atoms with E-state index in [1.165, 1.54) is 11.3 Å². The second-order valence-electron chi connectivity index (χ2n) is 8.53. The molecule has 31 heavy (non-hydrogen) atoms. The van der Waals surface area contributed by atoms with Gasteiger partial charge in [0.25, 0.3) is 5.91 Å². The first-order valence-electron chi connectivity index (χ1n) is 11.3. The molecule has 4 rings (SSSR count). The predicted octanol–water partition coefficient (Wildman–Crippen LogP) is 3.52. The fourth-order valence-corrected chi connectivity index (χ4v) is 4.21. The number of amides is 1. The van der Waals surface area contributed by atoms with Crippen LogP contribution in [-0.2, 0) is 0 Å². The van der Waals surface area contributed by atoms with Crippen molar-refractivity contribution in [3.05, 3.63) is 59.7 Å². The summed E-state index contributed by atoms with van der Waals surface area (Å²) in [6, 6.07) is 16.5. The highest BCUT2D eigenvalue weighted by Gasteiger charge is 2.17. The number of carbonyl (C=O) groups excluding carboxylic acids is 1. The summed E-state index contributed by atoms with van der Waals surface area (Å²) in [5.74, 6) is -0.00285. The number of piperazine rings is 1. The maximum absolute atomic E-state index is 12.4. The van der Waals surface area contributed by atoms with Crippen LogP contribution in [0.3, 0.4) is 0 Å². The standard InChI is InChI=1S/C25H33N5O/c1-20-5-3-6-24(19-20)29-17-15-28(16-18-29)13-4-12-26-25(31)22-7-9-23(10-8-22)30-14-11-21(2)27-30/h3,5-10,19H,4,11-18H2,1-2H3,(H,26,31). The van der Waals surface area contributed by atoms with Crippen LogP contribution in [0.4, 0.5) is 11.4 Å². The molecule has 0 aromatic heterocycles. The third-order valence-electron chi connectivity index (χ3n) is 6.08. The first-order valence-corrected chi connectivity index (χ1v) is 11.3. The zero-order valence-corrected chi connectivity index (χ0v) is 18.7. The zero-order chi connectivity index (χ0) is 21.6. The molecule has 0 bridgehead atoms. The van der Waals surface area contributed by atoms with Crippen LogP contribution in [0.15, 0.2) is 53.6 Å². The third-order valence-corrected chi connectivity index (χ3v) is 6.08. The molecule has 1 N–H and O–H groups in total. The van der Waals surface area contributed by atoms with Crippen LogP contribution in [0.1, 0.15) is 35.7 Å². The lowest BCUT2D eigenvalue weighted by Gasteiger charge is -2.36. The summed E-state index contributed by atoms with van der Waals surface area (Å²) in [6.07, 6.45) is 1.97. The molecule has 6 nitrogen and oxygen atoms in total. The summed E-state index contributed by atoms with van der Waals surface area (Å²) >= 11 is 0. The Morgan fingerprint density at radius 2 is 1.74 bits per heavy atom. The van der Waals surface area contributed by atoms with Gasteiger partial charge in [0.15, 0.2) is 0 Å². The Labute approximate surface area is 185 Å². The number of rotatable bonds is 7. The van der Waals surface area contributed by atoms with E-state index in [0.717, 1.165) is 63.5 Å². The van der Waals surface area contributed by atoms with Crippen molar-refractivity contribution < 1.29 is 4.79 Å². The van der Waals surface area contributed by atoms with Gasteiger partial charge in [-0.05, 0) is 68.8 Å². The van der Waals surface area contributed by atoms with Crippen LogP contribution in [-0.4, -0.2) is 62.3 Å². The SMILES string of the molecule is CC1=NN(c2ccc(C(=O)NCCCN3CCN(c4cccc(C)c4)CC3)cc2)CC1. The summed E-state index contributed by atoms with van der Waals surface area (Å²) in [6.45, 7) is 11.1. The Hall–Kier alpha value is -2.86. The summed E-state index contributed by atoms with van der Waals surface area (Å²) in [4.78, 5) is 17.4. The van der Waals surface area contributed by atoms with Crippen molar-refractivity contribution in [1.29, 1.82) is 0 Å². The largest absolute Gasteiger partial charge is 0.369 e. The molecule has 2 heterocycles.